The highest BCUT2D eigenvalue weighted by molar-refractivity contribution is 7.97. The number of hydrogen-bond acceptors (Lipinski definition) is 5. The molecule has 0 aliphatic rings. The van der Waals surface area contributed by atoms with Gasteiger partial charge < -0.3 is 4.74 Å². The number of aromatic amines is 1. The second kappa shape index (κ2) is 4.10. The van der Waals surface area contributed by atoms with Gasteiger partial charge in [0.05, 0.1) is 12.9 Å². The molecule has 0 saturated carbocycles. The highest BCUT2D eigenvalue weighted by atomic mass is 32.2. The third-order valence-electron chi connectivity index (χ3n) is 1.18. The van der Waals surface area contributed by atoms with E-state index in [4.69, 9.17) is 0 Å². The largest absolute Gasteiger partial charge is 0.463 e. The Labute approximate surface area is 73.9 Å². The molecule has 0 spiro atoms. The SMILES string of the molecule is COC(=O)c1n[nH]c(CSC)n1. The third-order valence-corrected chi connectivity index (χ3v) is 1.74. The first-order chi connectivity index (χ1) is 5.77. The first-order valence-electron chi connectivity index (χ1n) is 3.26. The van der Waals surface area contributed by atoms with Gasteiger partial charge in [-0.25, -0.2) is 9.78 Å². The molecule has 0 fully saturated rings. The molecule has 0 amide bonds. The van der Waals surface area contributed by atoms with Gasteiger partial charge in [0, 0.05) is 0 Å². The van der Waals surface area contributed by atoms with Gasteiger partial charge in [-0.15, -0.1) is 5.10 Å². The molecule has 0 radical (unpaired) electrons. The number of aromatic nitrogens is 3. The fourth-order valence-corrected chi connectivity index (χ4v) is 1.08. The Kier molecular flexibility index (Phi) is 3.09. The molecule has 5 nitrogen and oxygen atoms in total. The van der Waals surface area contributed by atoms with Crippen molar-refractivity contribution in [3.8, 4) is 0 Å². The van der Waals surface area contributed by atoms with Crippen molar-refractivity contribution in [3.63, 3.8) is 0 Å². The van der Waals surface area contributed by atoms with E-state index >= 15 is 0 Å². The maximum Gasteiger partial charge on any atom is 0.377 e. The molecular formula is C6H9N3O2S. The molecule has 1 aromatic rings. The molecule has 0 bridgehead atoms. The van der Waals surface area contributed by atoms with Gasteiger partial charge in [0.1, 0.15) is 5.82 Å². The minimum absolute atomic E-state index is 0.0848. The van der Waals surface area contributed by atoms with E-state index in [0.29, 0.717) is 11.6 Å². The maximum absolute atomic E-state index is 10.9. The smallest absolute Gasteiger partial charge is 0.377 e. The molecule has 6 heteroatoms. The van der Waals surface area contributed by atoms with Gasteiger partial charge in [0.2, 0.25) is 0 Å². The van der Waals surface area contributed by atoms with E-state index in [0.717, 1.165) is 0 Å². The normalized spacial score (nSPS) is 9.83. The lowest BCUT2D eigenvalue weighted by molar-refractivity contribution is 0.0587. The minimum Gasteiger partial charge on any atom is -0.463 e. The number of carbonyl (C=O) groups is 1. The Hall–Kier alpha value is -1.04. The number of ether oxygens (including phenoxy) is 1. The monoisotopic (exact) mass is 187 g/mol. The van der Waals surface area contributed by atoms with Crippen molar-refractivity contribution < 1.29 is 9.53 Å². The summed E-state index contributed by atoms with van der Waals surface area (Å²) in [5.41, 5.74) is 0. The predicted octanol–water partition coefficient (Wildman–Crippen LogP) is 0.454. The van der Waals surface area contributed by atoms with Crippen LogP contribution in [0.2, 0.25) is 0 Å². The lowest BCUT2D eigenvalue weighted by Crippen LogP contribution is -2.03. The second-order valence-electron chi connectivity index (χ2n) is 2.03. The summed E-state index contributed by atoms with van der Waals surface area (Å²) >= 11 is 1.60. The Morgan fingerprint density at radius 3 is 3.08 bits per heavy atom. The van der Waals surface area contributed by atoms with Crippen LogP contribution in [-0.4, -0.2) is 34.5 Å². The van der Waals surface area contributed by atoms with Crippen molar-refractivity contribution in [2.75, 3.05) is 13.4 Å². The molecule has 0 aliphatic carbocycles. The van der Waals surface area contributed by atoms with Crippen molar-refractivity contribution in [2.24, 2.45) is 0 Å². The van der Waals surface area contributed by atoms with Gasteiger partial charge in [0.25, 0.3) is 5.82 Å². The Balaban J connectivity index is 2.70. The lowest BCUT2D eigenvalue weighted by Gasteiger charge is -1.89. The van der Waals surface area contributed by atoms with Gasteiger partial charge >= 0.3 is 5.97 Å². The highest BCUT2D eigenvalue weighted by Crippen LogP contribution is 2.03. The average Bonchev–Trinajstić information content (AvgIpc) is 2.52. The quantitative estimate of drug-likeness (QED) is 0.696. The summed E-state index contributed by atoms with van der Waals surface area (Å²) in [7, 11) is 1.30. The van der Waals surface area contributed by atoms with Crippen molar-refractivity contribution in [3.05, 3.63) is 11.6 Å². The number of H-pyrrole nitrogens is 1. The number of rotatable bonds is 3. The Bertz CT molecular complexity index is 274. The van der Waals surface area contributed by atoms with E-state index < -0.39 is 5.97 Å². The summed E-state index contributed by atoms with van der Waals surface area (Å²) in [6.45, 7) is 0. The van der Waals surface area contributed by atoms with E-state index in [1.807, 2.05) is 6.26 Å². The van der Waals surface area contributed by atoms with Gasteiger partial charge in [-0.05, 0) is 6.26 Å². The summed E-state index contributed by atoms with van der Waals surface area (Å²) in [5, 5.41) is 6.32. The summed E-state index contributed by atoms with van der Waals surface area (Å²) < 4.78 is 4.44. The number of nitrogens with zero attached hydrogens (tertiary/aromatic N) is 2. The third kappa shape index (κ3) is 1.97. The van der Waals surface area contributed by atoms with Crippen LogP contribution in [0.3, 0.4) is 0 Å². The van der Waals surface area contributed by atoms with Crippen molar-refractivity contribution in [1.29, 1.82) is 0 Å². The van der Waals surface area contributed by atoms with Crippen LogP contribution in [0.25, 0.3) is 0 Å². The molecule has 0 aromatic carbocycles. The summed E-state index contributed by atoms with van der Waals surface area (Å²) in [4.78, 5) is 14.8. The Morgan fingerprint density at radius 1 is 1.75 bits per heavy atom. The molecule has 0 unspecified atom stereocenters. The molecule has 1 N–H and O–H groups in total. The van der Waals surface area contributed by atoms with Crippen molar-refractivity contribution in [1.82, 2.24) is 15.2 Å². The fraction of sp³-hybridized carbons (Fsp3) is 0.500. The van der Waals surface area contributed by atoms with Crippen molar-refractivity contribution in [2.45, 2.75) is 5.75 Å². The van der Waals surface area contributed by atoms with E-state index in [1.165, 1.54) is 7.11 Å². The molecule has 0 atom stereocenters. The number of thioether (sulfide) groups is 1. The lowest BCUT2D eigenvalue weighted by atomic mass is 10.6. The zero-order valence-electron chi connectivity index (χ0n) is 6.83. The van der Waals surface area contributed by atoms with Crippen LogP contribution in [0.15, 0.2) is 0 Å². The van der Waals surface area contributed by atoms with Gasteiger partial charge in [0.15, 0.2) is 0 Å². The van der Waals surface area contributed by atoms with E-state index in [2.05, 4.69) is 19.9 Å². The standard InChI is InChI=1S/C6H9N3O2S/c1-11-6(10)5-7-4(3-12-2)8-9-5/h3H2,1-2H3,(H,7,8,9). The van der Waals surface area contributed by atoms with Crippen LogP contribution in [0.4, 0.5) is 0 Å². The van der Waals surface area contributed by atoms with Crippen LogP contribution >= 0.6 is 11.8 Å². The minimum atomic E-state index is -0.515. The molecular weight excluding hydrogens is 178 g/mol. The summed E-state index contributed by atoms with van der Waals surface area (Å²) in [6, 6.07) is 0. The van der Waals surface area contributed by atoms with Gasteiger partial charge in [-0.3, -0.25) is 5.10 Å². The van der Waals surface area contributed by atoms with Crippen molar-refractivity contribution >= 4 is 17.7 Å². The first kappa shape index (κ1) is 9.05. The number of carbonyl (C=O) groups excluding carboxylic acids is 1. The first-order valence-corrected chi connectivity index (χ1v) is 4.66. The molecule has 0 aliphatic heterocycles. The Morgan fingerprint density at radius 2 is 2.50 bits per heavy atom. The molecule has 1 aromatic heterocycles. The van der Waals surface area contributed by atoms with Crippen LogP contribution in [-0.2, 0) is 10.5 Å². The summed E-state index contributed by atoms with van der Waals surface area (Å²) in [5.74, 6) is 0.965. The number of esters is 1. The predicted molar refractivity (Wildman–Crippen MR) is 44.9 cm³/mol. The van der Waals surface area contributed by atoms with Gasteiger partial charge in [-0.1, -0.05) is 0 Å². The van der Waals surface area contributed by atoms with E-state index in [-0.39, 0.29) is 5.82 Å². The molecule has 1 rings (SSSR count). The second-order valence-corrected chi connectivity index (χ2v) is 2.90. The van der Waals surface area contributed by atoms with E-state index in [1.54, 1.807) is 11.8 Å². The van der Waals surface area contributed by atoms with Crippen LogP contribution in [0, 0.1) is 0 Å². The number of methoxy groups -OCH3 is 1. The zero-order valence-corrected chi connectivity index (χ0v) is 7.64. The van der Waals surface area contributed by atoms with Crippen LogP contribution in [0.5, 0.6) is 0 Å². The van der Waals surface area contributed by atoms with Crippen LogP contribution in [0.1, 0.15) is 16.4 Å². The molecule has 1 heterocycles. The van der Waals surface area contributed by atoms with E-state index in [9.17, 15) is 4.79 Å². The average molecular weight is 187 g/mol. The van der Waals surface area contributed by atoms with Gasteiger partial charge in [-0.2, -0.15) is 11.8 Å². The molecule has 0 saturated heterocycles. The maximum atomic E-state index is 10.9. The molecule has 66 valence electrons. The number of nitrogens with one attached hydrogen (secondary N) is 1. The number of hydrogen-bond donors (Lipinski definition) is 1. The fourth-order valence-electron chi connectivity index (χ4n) is 0.679. The summed E-state index contributed by atoms with van der Waals surface area (Å²) in [6.07, 6.45) is 1.94. The molecule has 12 heavy (non-hydrogen) atoms. The van der Waals surface area contributed by atoms with Crippen LogP contribution < -0.4 is 0 Å². The topological polar surface area (TPSA) is 67.9 Å². The highest BCUT2D eigenvalue weighted by Gasteiger charge is 2.11. The zero-order chi connectivity index (χ0) is 8.97.